The van der Waals surface area contributed by atoms with Crippen molar-refractivity contribution in [2.45, 2.75) is 45.7 Å². The molecule has 1 fully saturated rings. The zero-order valence-corrected chi connectivity index (χ0v) is 17.5. The lowest BCUT2D eigenvalue weighted by molar-refractivity contribution is 0.111. The van der Waals surface area contributed by atoms with Crippen LogP contribution in [0.5, 0.6) is 0 Å². The zero-order valence-electron chi connectivity index (χ0n) is 14.2. The van der Waals surface area contributed by atoms with Gasteiger partial charge in [-0.2, -0.15) is 47.0 Å². The molecule has 0 radical (unpaired) electrons. The van der Waals surface area contributed by atoms with Gasteiger partial charge in [0.2, 0.25) is 0 Å². The smallest absolute Gasteiger partial charge is 0.0282 e. The van der Waals surface area contributed by atoms with E-state index >= 15 is 0 Å². The summed E-state index contributed by atoms with van der Waals surface area (Å²) in [5.74, 6) is 10.6. The van der Waals surface area contributed by atoms with Gasteiger partial charge in [0, 0.05) is 46.1 Å². The van der Waals surface area contributed by atoms with Crippen molar-refractivity contribution in [2.24, 2.45) is 0 Å². The third-order valence-electron chi connectivity index (χ3n) is 3.58. The zero-order chi connectivity index (χ0) is 15.6. The molecule has 1 aliphatic heterocycles. The summed E-state index contributed by atoms with van der Waals surface area (Å²) in [4.78, 5) is 2.71. The van der Waals surface area contributed by atoms with Gasteiger partial charge in [0.1, 0.15) is 0 Å². The van der Waals surface area contributed by atoms with Crippen LogP contribution < -0.4 is 0 Å². The average Bonchev–Trinajstić information content (AvgIpc) is 2.42. The molecule has 1 nitrogen and oxygen atoms in total. The van der Waals surface area contributed by atoms with Gasteiger partial charge in [-0.15, -0.1) is 0 Å². The predicted molar refractivity (Wildman–Crippen MR) is 110 cm³/mol. The van der Waals surface area contributed by atoms with Gasteiger partial charge < -0.3 is 0 Å². The maximum Gasteiger partial charge on any atom is 0.0282 e. The first kappa shape index (κ1) is 20.4. The van der Waals surface area contributed by atoms with Gasteiger partial charge in [-0.1, -0.05) is 6.92 Å². The Hall–Kier alpha value is 1.36. The summed E-state index contributed by atoms with van der Waals surface area (Å²) < 4.78 is 0. The average molecular weight is 368 g/mol. The molecule has 126 valence electrons. The minimum absolute atomic E-state index is 0.287. The standard InChI is InChI=1S/C16H33NS4/c1-5-17(16(2,3)4)15-13-20-11-9-18-7-6-8-19-10-12-21-14-15/h15H,5-14H2,1-4H3. The number of hydrogen-bond acceptors (Lipinski definition) is 5. The fraction of sp³-hybridized carbons (Fsp3) is 1.00. The monoisotopic (exact) mass is 367 g/mol. The molecular formula is C16H33NS4. The highest BCUT2D eigenvalue weighted by atomic mass is 32.2. The number of hydrogen-bond donors (Lipinski definition) is 0. The topological polar surface area (TPSA) is 3.24 Å². The summed E-state index contributed by atoms with van der Waals surface area (Å²) >= 11 is 8.63. The van der Waals surface area contributed by atoms with Crippen LogP contribution in [0.1, 0.15) is 34.1 Å². The van der Waals surface area contributed by atoms with Crippen molar-refractivity contribution in [1.29, 1.82) is 0 Å². The van der Waals surface area contributed by atoms with Crippen LogP contribution >= 0.6 is 47.0 Å². The molecule has 1 heterocycles. The molecule has 1 rings (SSSR count). The van der Waals surface area contributed by atoms with Gasteiger partial charge in [0.05, 0.1) is 0 Å². The second-order valence-corrected chi connectivity index (χ2v) is 11.1. The van der Waals surface area contributed by atoms with Crippen LogP contribution in [0.3, 0.4) is 0 Å². The van der Waals surface area contributed by atoms with Crippen molar-refractivity contribution in [1.82, 2.24) is 4.90 Å². The molecule has 0 aliphatic carbocycles. The minimum atomic E-state index is 0.287. The Labute approximate surface area is 149 Å². The van der Waals surface area contributed by atoms with Crippen LogP contribution in [-0.4, -0.2) is 69.0 Å². The molecule has 0 atom stereocenters. The second kappa shape index (κ2) is 11.8. The van der Waals surface area contributed by atoms with Crippen LogP contribution in [0, 0.1) is 0 Å². The van der Waals surface area contributed by atoms with E-state index in [0.717, 1.165) is 6.04 Å². The van der Waals surface area contributed by atoms with E-state index in [4.69, 9.17) is 0 Å². The molecule has 1 saturated heterocycles. The molecule has 5 heteroatoms. The van der Waals surface area contributed by atoms with Crippen molar-refractivity contribution < 1.29 is 0 Å². The summed E-state index contributed by atoms with van der Waals surface area (Å²) in [5.41, 5.74) is 0.287. The van der Waals surface area contributed by atoms with Gasteiger partial charge in [0.25, 0.3) is 0 Å². The van der Waals surface area contributed by atoms with Gasteiger partial charge >= 0.3 is 0 Å². The summed E-state index contributed by atoms with van der Waals surface area (Å²) in [6.07, 6.45) is 1.39. The van der Waals surface area contributed by atoms with Crippen molar-refractivity contribution >= 4 is 47.0 Å². The van der Waals surface area contributed by atoms with E-state index in [1.807, 2.05) is 0 Å². The molecule has 0 amide bonds. The Morgan fingerprint density at radius 3 is 1.71 bits per heavy atom. The highest BCUT2D eigenvalue weighted by Gasteiger charge is 2.27. The third kappa shape index (κ3) is 9.29. The van der Waals surface area contributed by atoms with Crippen LogP contribution in [0.25, 0.3) is 0 Å². The first-order valence-electron chi connectivity index (χ1n) is 8.13. The molecule has 0 N–H and O–H groups in total. The van der Waals surface area contributed by atoms with Crippen molar-refractivity contribution in [3.8, 4) is 0 Å². The van der Waals surface area contributed by atoms with Crippen LogP contribution in [-0.2, 0) is 0 Å². The fourth-order valence-corrected chi connectivity index (χ4v) is 7.45. The molecule has 1 aliphatic rings. The molecule has 0 aromatic heterocycles. The molecular weight excluding hydrogens is 334 g/mol. The van der Waals surface area contributed by atoms with E-state index in [1.165, 1.54) is 59.0 Å². The highest BCUT2D eigenvalue weighted by molar-refractivity contribution is 8.04. The summed E-state index contributed by atoms with van der Waals surface area (Å²) in [7, 11) is 0. The largest absolute Gasteiger partial charge is 0.294 e. The SMILES string of the molecule is CCN(C1CSCCSCCCSCCSC1)C(C)(C)C. The molecule has 0 unspecified atom stereocenters. The number of rotatable bonds is 2. The Bertz CT molecular complexity index is 241. The summed E-state index contributed by atoms with van der Waals surface area (Å²) in [6.45, 7) is 10.6. The van der Waals surface area contributed by atoms with E-state index in [-0.39, 0.29) is 5.54 Å². The van der Waals surface area contributed by atoms with E-state index in [9.17, 15) is 0 Å². The van der Waals surface area contributed by atoms with Crippen LogP contribution in [0.2, 0.25) is 0 Å². The highest BCUT2D eigenvalue weighted by Crippen LogP contribution is 2.24. The molecule has 0 aromatic rings. The summed E-state index contributed by atoms with van der Waals surface area (Å²) in [6, 6.07) is 0.725. The third-order valence-corrected chi connectivity index (χ3v) is 8.47. The first-order chi connectivity index (χ1) is 10.1. The lowest BCUT2D eigenvalue weighted by Crippen LogP contribution is -2.50. The Balaban J connectivity index is 2.52. The second-order valence-electron chi connectivity index (χ2n) is 6.34. The fourth-order valence-electron chi connectivity index (χ4n) is 2.65. The first-order valence-corrected chi connectivity index (χ1v) is 12.7. The molecule has 21 heavy (non-hydrogen) atoms. The van der Waals surface area contributed by atoms with Gasteiger partial charge in [-0.05, 0) is 45.2 Å². The van der Waals surface area contributed by atoms with Gasteiger partial charge in [-0.25, -0.2) is 0 Å². The lowest BCUT2D eigenvalue weighted by Gasteiger charge is -2.41. The van der Waals surface area contributed by atoms with E-state index < -0.39 is 0 Å². The molecule has 0 aromatic carbocycles. The minimum Gasteiger partial charge on any atom is -0.294 e. The Kier molecular flexibility index (Phi) is 11.5. The van der Waals surface area contributed by atoms with Gasteiger partial charge in [0.15, 0.2) is 0 Å². The number of thioether (sulfide) groups is 4. The maximum atomic E-state index is 2.71. The predicted octanol–water partition coefficient (Wildman–Crippen LogP) is 4.81. The van der Waals surface area contributed by atoms with E-state index in [0.29, 0.717) is 0 Å². The van der Waals surface area contributed by atoms with Crippen LogP contribution in [0.4, 0.5) is 0 Å². The molecule has 0 bridgehead atoms. The normalized spacial score (nSPS) is 22.1. The maximum absolute atomic E-state index is 2.71. The summed E-state index contributed by atoms with van der Waals surface area (Å²) in [5, 5.41) is 0. The molecule has 0 saturated carbocycles. The van der Waals surface area contributed by atoms with E-state index in [2.05, 4.69) is 79.6 Å². The van der Waals surface area contributed by atoms with E-state index in [1.54, 1.807) is 0 Å². The quantitative estimate of drug-likeness (QED) is 0.687. The lowest BCUT2D eigenvalue weighted by atomic mass is 10.0. The van der Waals surface area contributed by atoms with Crippen LogP contribution in [0.15, 0.2) is 0 Å². The Morgan fingerprint density at radius 2 is 1.29 bits per heavy atom. The van der Waals surface area contributed by atoms with Crippen molar-refractivity contribution in [3.63, 3.8) is 0 Å². The van der Waals surface area contributed by atoms with Gasteiger partial charge in [-0.3, -0.25) is 4.90 Å². The van der Waals surface area contributed by atoms with Crippen molar-refractivity contribution in [2.75, 3.05) is 52.6 Å². The number of nitrogens with zero attached hydrogens (tertiary/aromatic N) is 1. The Morgan fingerprint density at radius 1 is 0.810 bits per heavy atom. The van der Waals surface area contributed by atoms with Crippen molar-refractivity contribution in [3.05, 3.63) is 0 Å². The molecule has 0 spiro atoms.